The van der Waals surface area contributed by atoms with E-state index in [9.17, 15) is 0 Å². The van der Waals surface area contributed by atoms with E-state index >= 15 is 0 Å². The number of nitrogens with one attached hydrogen (secondary N) is 3. The van der Waals surface area contributed by atoms with Gasteiger partial charge in [-0.25, -0.2) is 0 Å². The second-order valence-corrected chi connectivity index (χ2v) is 5.48. The fourth-order valence-electron chi connectivity index (χ4n) is 3.12. The molecule has 0 amide bonds. The Bertz CT molecular complexity index is 578. The highest BCUT2D eigenvalue weighted by molar-refractivity contribution is 5.87. The molecule has 2 heterocycles. The van der Waals surface area contributed by atoms with Gasteiger partial charge in [-0.2, -0.15) is 15.1 Å². The molecule has 1 saturated carbocycles. The number of hydrogen-bond acceptors (Lipinski definition) is 5. The van der Waals surface area contributed by atoms with Crippen molar-refractivity contribution >= 4 is 22.8 Å². The van der Waals surface area contributed by atoms with Crippen LogP contribution in [-0.2, 0) is 0 Å². The molecule has 1 aliphatic rings. The predicted molar refractivity (Wildman–Crippen MR) is 80.9 cm³/mol. The second kappa shape index (κ2) is 5.64. The summed E-state index contributed by atoms with van der Waals surface area (Å²) >= 11 is 0. The lowest BCUT2D eigenvalue weighted by atomic mass is 9.83. The van der Waals surface area contributed by atoms with Gasteiger partial charge in [-0.15, -0.1) is 0 Å². The minimum atomic E-state index is 0.506. The van der Waals surface area contributed by atoms with E-state index in [0.29, 0.717) is 12.0 Å². The third-order valence-electron chi connectivity index (χ3n) is 4.29. The summed E-state index contributed by atoms with van der Waals surface area (Å²) in [7, 11) is 1.83. The smallest absolute Gasteiger partial charge is 0.226 e. The van der Waals surface area contributed by atoms with Gasteiger partial charge >= 0.3 is 0 Å². The number of H-pyrrole nitrogens is 1. The molecule has 2 atom stereocenters. The lowest BCUT2D eigenvalue weighted by Gasteiger charge is -2.32. The number of aromatic nitrogens is 4. The van der Waals surface area contributed by atoms with Crippen LogP contribution in [0.4, 0.5) is 11.8 Å². The van der Waals surface area contributed by atoms with Crippen LogP contribution in [0.3, 0.4) is 0 Å². The maximum Gasteiger partial charge on any atom is 0.226 e. The Labute approximate surface area is 118 Å². The van der Waals surface area contributed by atoms with Gasteiger partial charge in [-0.1, -0.05) is 26.2 Å². The molecule has 2 aromatic heterocycles. The van der Waals surface area contributed by atoms with Gasteiger partial charge in [0.25, 0.3) is 0 Å². The van der Waals surface area contributed by atoms with Gasteiger partial charge in [0.2, 0.25) is 5.95 Å². The first kappa shape index (κ1) is 13.1. The molecular weight excluding hydrogens is 252 g/mol. The minimum Gasteiger partial charge on any atom is -0.366 e. The zero-order valence-electron chi connectivity index (χ0n) is 12.1. The normalized spacial score (nSPS) is 22.9. The maximum atomic E-state index is 4.56. The molecule has 2 aromatic rings. The fourth-order valence-corrected chi connectivity index (χ4v) is 3.12. The van der Waals surface area contributed by atoms with Crippen molar-refractivity contribution in [2.75, 3.05) is 17.7 Å². The Hall–Kier alpha value is -1.85. The monoisotopic (exact) mass is 274 g/mol. The SMILES string of the molecule is CCC1CCCCC1Nc1nc(NC)nc2[nH]ncc12. The van der Waals surface area contributed by atoms with Crippen LogP contribution >= 0.6 is 0 Å². The van der Waals surface area contributed by atoms with E-state index in [-0.39, 0.29) is 0 Å². The second-order valence-electron chi connectivity index (χ2n) is 5.48. The minimum absolute atomic E-state index is 0.506. The summed E-state index contributed by atoms with van der Waals surface area (Å²) in [5.41, 5.74) is 0.774. The van der Waals surface area contributed by atoms with E-state index in [4.69, 9.17) is 0 Å². The first-order valence-electron chi connectivity index (χ1n) is 7.47. The van der Waals surface area contributed by atoms with Crippen molar-refractivity contribution in [1.29, 1.82) is 0 Å². The van der Waals surface area contributed by atoms with E-state index in [0.717, 1.165) is 22.8 Å². The number of hydrogen-bond donors (Lipinski definition) is 3. The molecule has 0 bridgehead atoms. The van der Waals surface area contributed by atoms with Crippen LogP contribution in [0.2, 0.25) is 0 Å². The molecule has 108 valence electrons. The maximum absolute atomic E-state index is 4.56. The molecule has 0 aliphatic heterocycles. The largest absolute Gasteiger partial charge is 0.366 e. The number of nitrogens with zero attached hydrogens (tertiary/aromatic N) is 3. The van der Waals surface area contributed by atoms with Crippen molar-refractivity contribution in [3.8, 4) is 0 Å². The average Bonchev–Trinajstić information content (AvgIpc) is 2.96. The van der Waals surface area contributed by atoms with Crippen LogP contribution in [-0.4, -0.2) is 33.3 Å². The summed E-state index contributed by atoms with van der Waals surface area (Å²) in [5, 5.41) is 14.6. The molecule has 3 N–H and O–H groups in total. The molecule has 2 unspecified atom stereocenters. The van der Waals surface area contributed by atoms with Crippen molar-refractivity contribution in [1.82, 2.24) is 20.2 Å². The van der Waals surface area contributed by atoms with Crippen LogP contribution in [0.15, 0.2) is 6.20 Å². The topological polar surface area (TPSA) is 78.5 Å². The molecule has 1 fully saturated rings. The molecule has 6 nitrogen and oxygen atoms in total. The first-order chi connectivity index (χ1) is 9.81. The van der Waals surface area contributed by atoms with Gasteiger partial charge in [0, 0.05) is 13.1 Å². The highest BCUT2D eigenvalue weighted by atomic mass is 15.2. The van der Waals surface area contributed by atoms with Crippen molar-refractivity contribution in [2.45, 2.75) is 45.1 Å². The lowest BCUT2D eigenvalue weighted by Crippen LogP contribution is -2.32. The van der Waals surface area contributed by atoms with Gasteiger partial charge in [-0.3, -0.25) is 5.10 Å². The van der Waals surface area contributed by atoms with Crippen molar-refractivity contribution < 1.29 is 0 Å². The third-order valence-corrected chi connectivity index (χ3v) is 4.29. The quantitative estimate of drug-likeness (QED) is 0.799. The fraction of sp³-hybridized carbons (Fsp3) is 0.643. The molecule has 0 saturated heterocycles. The first-order valence-corrected chi connectivity index (χ1v) is 7.47. The number of fused-ring (bicyclic) bond motifs is 1. The predicted octanol–water partition coefficient (Wildman–Crippen LogP) is 2.78. The van der Waals surface area contributed by atoms with Crippen molar-refractivity contribution in [2.24, 2.45) is 5.92 Å². The van der Waals surface area contributed by atoms with Gasteiger partial charge in [0.05, 0.1) is 11.6 Å². The Morgan fingerprint density at radius 1 is 1.30 bits per heavy atom. The van der Waals surface area contributed by atoms with E-state index in [1.165, 1.54) is 32.1 Å². The van der Waals surface area contributed by atoms with Crippen LogP contribution in [0.25, 0.3) is 11.0 Å². The zero-order valence-corrected chi connectivity index (χ0v) is 12.1. The van der Waals surface area contributed by atoms with Gasteiger partial charge in [0.1, 0.15) is 5.82 Å². The molecule has 0 spiro atoms. The number of aromatic amines is 1. The lowest BCUT2D eigenvalue weighted by molar-refractivity contribution is 0.317. The van der Waals surface area contributed by atoms with Gasteiger partial charge in [0.15, 0.2) is 5.65 Å². The van der Waals surface area contributed by atoms with Crippen LogP contribution in [0.1, 0.15) is 39.0 Å². The summed E-state index contributed by atoms with van der Waals surface area (Å²) in [4.78, 5) is 8.93. The van der Waals surface area contributed by atoms with Gasteiger partial charge in [-0.05, 0) is 18.8 Å². The number of rotatable bonds is 4. The average molecular weight is 274 g/mol. The third kappa shape index (κ3) is 2.42. The molecule has 0 aromatic carbocycles. The highest BCUT2D eigenvalue weighted by Crippen LogP contribution is 2.30. The van der Waals surface area contributed by atoms with E-state index in [1.807, 2.05) is 7.05 Å². The summed E-state index contributed by atoms with van der Waals surface area (Å²) in [6.45, 7) is 2.27. The summed E-state index contributed by atoms with van der Waals surface area (Å²) < 4.78 is 0. The molecule has 6 heteroatoms. The Morgan fingerprint density at radius 2 is 2.15 bits per heavy atom. The van der Waals surface area contributed by atoms with Crippen LogP contribution < -0.4 is 10.6 Å². The number of anilines is 2. The highest BCUT2D eigenvalue weighted by Gasteiger charge is 2.24. The van der Waals surface area contributed by atoms with Crippen LogP contribution in [0.5, 0.6) is 0 Å². The molecular formula is C14H22N6. The molecule has 20 heavy (non-hydrogen) atoms. The van der Waals surface area contributed by atoms with E-state index in [1.54, 1.807) is 6.20 Å². The Balaban J connectivity index is 1.90. The molecule has 1 aliphatic carbocycles. The molecule has 3 rings (SSSR count). The standard InChI is InChI=1S/C14H22N6/c1-3-9-6-4-5-7-11(9)17-12-10-8-16-20-13(10)19-14(15-2)18-12/h8-9,11H,3-7H2,1-2H3,(H3,15,16,17,18,19,20). The Kier molecular flexibility index (Phi) is 3.71. The van der Waals surface area contributed by atoms with E-state index < -0.39 is 0 Å². The van der Waals surface area contributed by atoms with Crippen LogP contribution in [0, 0.1) is 5.92 Å². The van der Waals surface area contributed by atoms with Crippen molar-refractivity contribution in [3.05, 3.63) is 6.20 Å². The summed E-state index contributed by atoms with van der Waals surface area (Å²) in [6.07, 6.45) is 8.19. The summed E-state index contributed by atoms with van der Waals surface area (Å²) in [6, 6.07) is 0.506. The van der Waals surface area contributed by atoms with Crippen molar-refractivity contribution in [3.63, 3.8) is 0 Å². The molecule has 0 radical (unpaired) electrons. The zero-order chi connectivity index (χ0) is 13.9. The van der Waals surface area contributed by atoms with E-state index in [2.05, 4.69) is 37.7 Å². The van der Waals surface area contributed by atoms with Gasteiger partial charge < -0.3 is 10.6 Å². The Morgan fingerprint density at radius 3 is 2.95 bits per heavy atom. The summed E-state index contributed by atoms with van der Waals surface area (Å²) in [5.74, 6) is 2.24.